The zero-order chi connectivity index (χ0) is 17.4. The van der Waals surface area contributed by atoms with E-state index in [0.29, 0.717) is 24.4 Å². The summed E-state index contributed by atoms with van der Waals surface area (Å²) < 4.78 is 6.57. The van der Waals surface area contributed by atoms with Gasteiger partial charge in [0.05, 0.1) is 24.9 Å². The summed E-state index contributed by atoms with van der Waals surface area (Å²) in [6, 6.07) is 3.88. The van der Waals surface area contributed by atoms with E-state index in [1.165, 1.54) is 12.6 Å². The van der Waals surface area contributed by atoms with Gasteiger partial charge in [0, 0.05) is 24.8 Å². The van der Waals surface area contributed by atoms with Gasteiger partial charge in [-0.25, -0.2) is 9.78 Å². The van der Waals surface area contributed by atoms with Gasteiger partial charge in [0.15, 0.2) is 6.29 Å². The second kappa shape index (κ2) is 6.31. The molecule has 7 nitrogen and oxygen atoms in total. The topological polar surface area (TPSA) is 77.3 Å². The van der Waals surface area contributed by atoms with Crippen LogP contribution in [0, 0.1) is 11.8 Å². The summed E-state index contributed by atoms with van der Waals surface area (Å²) in [5.74, 6) is 2.09. The van der Waals surface area contributed by atoms with Gasteiger partial charge in [-0.1, -0.05) is 6.07 Å². The first-order valence-electron chi connectivity index (χ1n) is 8.57. The Balaban J connectivity index is 1.50. The molecule has 1 aliphatic carbocycles. The van der Waals surface area contributed by atoms with E-state index in [4.69, 9.17) is 4.74 Å². The van der Waals surface area contributed by atoms with E-state index in [-0.39, 0.29) is 0 Å². The number of pyridine rings is 1. The predicted molar refractivity (Wildman–Crippen MR) is 90.7 cm³/mol. The molecular weight excluding hydrogens is 320 g/mol. The van der Waals surface area contributed by atoms with Crippen molar-refractivity contribution in [2.75, 3.05) is 24.6 Å². The molecule has 2 aromatic heterocycles. The van der Waals surface area contributed by atoms with Crippen molar-refractivity contribution in [2.45, 2.75) is 19.9 Å². The lowest BCUT2D eigenvalue weighted by molar-refractivity contribution is 0.0526. The zero-order valence-corrected chi connectivity index (χ0v) is 14.1. The Labute approximate surface area is 145 Å². The molecule has 3 heterocycles. The molecule has 1 aliphatic heterocycles. The molecule has 2 fully saturated rings. The van der Waals surface area contributed by atoms with Gasteiger partial charge in [-0.05, 0) is 31.2 Å². The van der Waals surface area contributed by atoms with Crippen LogP contribution in [-0.2, 0) is 11.3 Å². The summed E-state index contributed by atoms with van der Waals surface area (Å²) in [6.45, 7) is 4.54. The lowest BCUT2D eigenvalue weighted by atomic mass is 10.2. The van der Waals surface area contributed by atoms with Gasteiger partial charge in [-0.2, -0.15) is 5.10 Å². The molecule has 2 aliphatic rings. The normalized spacial score (nSPS) is 21.1. The Morgan fingerprint density at radius 1 is 1.36 bits per heavy atom. The van der Waals surface area contributed by atoms with Gasteiger partial charge in [-0.15, -0.1) is 0 Å². The molecule has 0 radical (unpaired) electrons. The Morgan fingerprint density at radius 3 is 2.88 bits per heavy atom. The molecule has 1 saturated heterocycles. The summed E-state index contributed by atoms with van der Waals surface area (Å²) in [5, 5.41) is 4.17. The fourth-order valence-electron chi connectivity index (χ4n) is 3.43. The first kappa shape index (κ1) is 15.8. The summed E-state index contributed by atoms with van der Waals surface area (Å²) >= 11 is 0. The highest BCUT2D eigenvalue weighted by Crippen LogP contribution is 2.45. The summed E-state index contributed by atoms with van der Waals surface area (Å²) in [7, 11) is 0. The summed E-state index contributed by atoms with van der Waals surface area (Å²) in [6.07, 6.45) is 5.20. The Kier molecular flexibility index (Phi) is 3.99. The number of ether oxygens (including phenoxy) is 1. The van der Waals surface area contributed by atoms with Crippen molar-refractivity contribution in [1.29, 1.82) is 0 Å². The molecule has 2 atom stereocenters. The van der Waals surface area contributed by atoms with E-state index in [2.05, 4.69) is 15.0 Å². The highest BCUT2D eigenvalue weighted by molar-refractivity contribution is 5.88. The summed E-state index contributed by atoms with van der Waals surface area (Å²) in [5.41, 5.74) is 1.60. The van der Waals surface area contributed by atoms with Crippen molar-refractivity contribution >= 4 is 18.1 Å². The van der Waals surface area contributed by atoms with Crippen LogP contribution < -0.4 is 4.90 Å². The number of hydrogen-bond acceptors (Lipinski definition) is 6. The van der Waals surface area contributed by atoms with Crippen molar-refractivity contribution in [3.8, 4) is 0 Å². The first-order chi connectivity index (χ1) is 12.2. The number of piperidine rings is 1. The van der Waals surface area contributed by atoms with Crippen molar-refractivity contribution in [3.05, 3.63) is 41.3 Å². The smallest absolute Gasteiger partial charge is 0.341 e. The quantitative estimate of drug-likeness (QED) is 0.589. The number of aromatic nitrogens is 3. The second-order valence-electron chi connectivity index (χ2n) is 6.64. The molecule has 2 aromatic rings. The largest absolute Gasteiger partial charge is 0.462 e. The fourth-order valence-corrected chi connectivity index (χ4v) is 3.43. The molecule has 0 bridgehead atoms. The zero-order valence-electron chi connectivity index (χ0n) is 14.1. The highest BCUT2D eigenvalue weighted by atomic mass is 16.5. The van der Waals surface area contributed by atoms with Crippen LogP contribution in [0.25, 0.3) is 0 Å². The maximum atomic E-state index is 11.7. The van der Waals surface area contributed by atoms with Crippen molar-refractivity contribution < 1.29 is 14.3 Å². The Hall–Kier alpha value is -2.70. The standard InChI is InChI=1S/C18H20N4O3/c1-2-25-18(24)15-6-19-22(10-15)9-12-3-4-17(20-16(12)11-23)21-7-13-5-14(13)8-21/h3-4,6,10-11,13-14H,2,5,7-9H2,1H3. The van der Waals surface area contributed by atoms with Crippen LogP contribution in [0.4, 0.5) is 5.82 Å². The maximum Gasteiger partial charge on any atom is 0.341 e. The minimum absolute atomic E-state index is 0.322. The lowest BCUT2D eigenvalue weighted by Gasteiger charge is -2.19. The van der Waals surface area contributed by atoms with Crippen molar-refractivity contribution in [1.82, 2.24) is 14.8 Å². The molecule has 130 valence electrons. The number of anilines is 1. The Bertz CT molecular complexity index is 806. The number of rotatable bonds is 6. The number of carbonyl (C=O) groups excluding carboxylic acids is 2. The Morgan fingerprint density at radius 2 is 2.16 bits per heavy atom. The molecule has 7 heteroatoms. The fraction of sp³-hybridized carbons (Fsp3) is 0.444. The molecule has 1 saturated carbocycles. The van der Waals surface area contributed by atoms with Crippen LogP contribution in [0.1, 0.15) is 39.8 Å². The predicted octanol–water partition coefficient (Wildman–Crippen LogP) is 1.77. The number of carbonyl (C=O) groups is 2. The molecule has 0 N–H and O–H groups in total. The molecule has 25 heavy (non-hydrogen) atoms. The molecule has 0 amide bonds. The average Bonchev–Trinajstić information content (AvgIpc) is 3.02. The molecular formula is C18H20N4O3. The van der Waals surface area contributed by atoms with Gasteiger partial charge in [0.25, 0.3) is 0 Å². The average molecular weight is 340 g/mol. The monoisotopic (exact) mass is 340 g/mol. The third-order valence-electron chi connectivity index (χ3n) is 4.89. The minimum atomic E-state index is -0.398. The van der Waals surface area contributed by atoms with Crippen LogP contribution in [0.15, 0.2) is 24.5 Å². The van der Waals surface area contributed by atoms with Crippen LogP contribution in [0.5, 0.6) is 0 Å². The van der Waals surface area contributed by atoms with E-state index in [1.807, 2.05) is 12.1 Å². The number of esters is 1. The van der Waals surface area contributed by atoms with E-state index >= 15 is 0 Å². The molecule has 0 spiro atoms. The van der Waals surface area contributed by atoms with E-state index < -0.39 is 5.97 Å². The van der Waals surface area contributed by atoms with Crippen LogP contribution in [0.2, 0.25) is 0 Å². The van der Waals surface area contributed by atoms with Gasteiger partial charge in [0.2, 0.25) is 0 Å². The van der Waals surface area contributed by atoms with Gasteiger partial charge < -0.3 is 9.64 Å². The third kappa shape index (κ3) is 3.14. The van der Waals surface area contributed by atoms with Gasteiger partial charge in [-0.3, -0.25) is 9.48 Å². The van der Waals surface area contributed by atoms with Crippen molar-refractivity contribution in [3.63, 3.8) is 0 Å². The SMILES string of the molecule is CCOC(=O)c1cnn(Cc2ccc(N3CC4CC4C3)nc2C=O)c1. The number of aldehydes is 1. The van der Waals surface area contributed by atoms with E-state index in [0.717, 1.165) is 42.6 Å². The number of fused-ring (bicyclic) bond motifs is 1. The van der Waals surface area contributed by atoms with E-state index in [9.17, 15) is 9.59 Å². The van der Waals surface area contributed by atoms with Crippen LogP contribution >= 0.6 is 0 Å². The van der Waals surface area contributed by atoms with Gasteiger partial charge >= 0.3 is 5.97 Å². The number of nitrogens with zero attached hydrogens (tertiary/aromatic N) is 4. The van der Waals surface area contributed by atoms with E-state index in [1.54, 1.807) is 17.8 Å². The van der Waals surface area contributed by atoms with Crippen LogP contribution in [0.3, 0.4) is 0 Å². The third-order valence-corrected chi connectivity index (χ3v) is 4.89. The highest BCUT2D eigenvalue weighted by Gasteiger charge is 2.45. The summed E-state index contributed by atoms with van der Waals surface area (Å²) in [4.78, 5) is 30.0. The second-order valence-corrected chi connectivity index (χ2v) is 6.64. The molecule has 4 rings (SSSR count). The first-order valence-corrected chi connectivity index (χ1v) is 8.57. The molecule has 0 aromatic carbocycles. The van der Waals surface area contributed by atoms with Crippen LogP contribution in [-0.4, -0.2) is 46.7 Å². The maximum absolute atomic E-state index is 11.7. The van der Waals surface area contributed by atoms with Crippen molar-refractivity contribution in [2.24, 2.45) is 11.8 Å². The number of hydrogen-bond donors (Lipinski definition) is 0. The molecule has 2 unspecified atom stereocenters. The van der Waals surface area contributed by atoms with Gasteiger partial charge in [0.1, 0.15) is 11.5 Å². The minimum Gasteiger partial charge on any atom is -0.462 e. The lowest BCUT2D eigenvalue weighted by Crippen LogP contribution is -2.23.